The number of hydrogen-bond acceptors (Lipinski definition) is 3. The molecule has 0 aliphatic rings. The van der Waals surface area contributed by atoms with E-state index < -0.39 is 0 Å². The van der Waals surface area contributed by atoms with Crippen molar-refractivity contribution in [2.45, 2.75) is 39.2 Å². The average molecular weight is 270 g/mol. The largest absolute Gasteiger partial charge is 0.489 e. The van der Waals surface area contributed by atoms with Gasteiger partial charge in [-0.15, -0.1) is 0 Å². The van der Waals surface area contributed by atoms with Crippen molar-refractivity contribution >= 4 is 5.82 Å². The highest BCUT2D eigenvalue weighted by atomic mass is 16.5. The second-order valence-electron chi connectivity index (χ2n) is 5.64. The van der Waals surface area contributed by atoms with Gasteiger partial charge in [0.15, 0.2) is 0 Å². The molecule has 0 saturated heterocycles. The highest BCUT2D eigenvalue weighted by molar-refractivity contribution is 5.33. The predicted molar refractivity (Wildman–Crippen MR) is 82.7 cm³/mol. The molecule has 0 bridgehead atoms. The van der Waals surface area contributed by atoms with E-state index in [0.717, 1.165) is 17.7 Å². The van der Waals surface area contributed by atoms with Crippen LogP contribution in [0.5, 0.6) is 5.75 Å². The van der Waals surface area contributed by atoms with Crippen molar-refractivity contribution in [1.82, 2.24) is 4.98 Å². The maximum Gasteiger partial charge on any atom is 0.123 e. The number of anilines is 1. The van der Waals surface area contributed by atoms with E-state index in [1.807, 2.05) is 24.3 Å². The van der Waals surface area contributed by atoms with E-state index >= 15 is 0 Å². The molecule has 1 aromatic carbocycles. The van der Waals surface area contributed by atoms with Crippen LogP contribution >= 0.6 is 0 Å². The maximum absolute atomic E-state index is 5.77. The van der Waals surface area contributed by atoms with Gasteiger partial charge in [-0.1, -0.05) is 32.9 Å². The number of nitrogens with zero attached hydrogens (tertiary/aromatic N) is 1. The lowest BCUT2D eigenvalue weighted by molar-refractivity contribution is 0.306. The van der Waals surface area contributed by atoms with Crippen molar-refractivity contribution in [1.29, 1.82) is 0 Å². The second kappa shape index (κ2) is 5.95. The molecule has 3 heteroatoms. The molecule has 0 spiro atoms. The van der Waals surface area contributed by atoms with Crippen LogP contribution in [0.15, 0.2) is 42.6 Å². The van der Waals surface area contributed by atoms with Gasteiger partial charge in [-0.2, -0.15) is 0 Å². The first kappa shape index (κ1) is 14.4. The Morgan fingerprint density at radius 3 is 2.45 bits per heavy atom. The minimum Gasteiger partial charge on any atom is -0.489 e. The van der Waals surface area contributed by atoms with Gasteiger partial charge in [0.1, 0.15) is 18.2 Å². The Labute approximate surface area is 120 Å². The number of benzene rings is 1. The van der Waals surface area contributed by atoms with Gasteiger partial charge < -0.3 is 10.5 Å². The fraction of sp³-hybridized carbons (Fsp3) is 0.353. The standard InChI is InChI=1S/C17H22N2O/c1-4-17(2,3)14-5-7-15(8-6-14)20-12-13-9-10-19-16(18)11-13/h5-11H,4,12H2,1-3H3,(H2,18,19). The van der Waals surface area contributed by atoms with Gasteiger partial charge in [0, 0.05) is 6.20 Å². The van der Waals surface area contributed by atoms with Crippen molar-refractivity contribution in [2.24, 2.45) is 0 Å². The van der Waals surface area contributed by atoms with Crippen LogP contribution < -0.4 is 10.5 Å². The molecule has 2 N–H and O–H groups in total. The summed E-state index contributed by atoms with van der Waals surface area (Å²) in [6, 6.07) is 12.1. The molecule has 0 aliphatic heterocycles. The summed E-state index contributed by atoms with van der Waals surface area (Å²) in [5.41, 5.74) is 8.21. The van der Waals surface area contributed by atoms with Gasteiger partial charge in [0.2, 0.25) is 0 Å². The molecule has 0 saturated carbocycles. The summed E-state index contributed by atoms with van der Waals surface area (Å²) in [4.78, 5) is 3.97. The first-order valence-corrected chi connectivity index (χ1v) is 6.95. The van der Waals surface area contributed by atoms with Crippen molar-refractivity contribution in [3.63, 3.8) is 0 Å². The molecule has 0 atom stereocenters. The van der Waals surface area contributed by atoms with Crippen LogP contribution in [-0.2, 0) is 12.0 Å². The number of aromatic nitrogens is 1. The van der Waals surface area contributed by atoms with Crippen LogP contribution in [0.1, 0.15) is 38.3 Å². The topological polar surface area (TPSA) is 48.1 Å². The van der Waals surface area contributed by atoms with Gasteiger partial charge in [-0.25, -0.2) is 4.98 Å². The third-order valence-electron chi connectivity index (χ3n) is 3.77. The number of ether oxygens (including phenoxy) is 1. The Hall–Kier alpha value is -2.03. The Morgan fingerprint density at radius 1 is 1.15 bits per heavy atom. The lowest BCUT2D eigenvalue weighted by atomic mass is 9.82. The summed E-state index contributed by atoms with van der Waals surface area (Å²) in [6.45, 7) is 7.21. The van der Waals surface area contributed by atoms with E-state index in [-0.39, 0.29) is 5.41 Å². The highest BCUT2D eigenvalue weighted by Crippen LogP contribution is 2.28. The van der Waals surface area contributed by atoms with E-state index in [9.17, 15) is 0 Å². The van der Waals surface area contributed by atoms with Gasteiger partial charge in [-0.3, -0.25) is 0 Å². The molecule has 0 unspecified atom stereocenters. The number of nitrogen functional groups attached to an aromatic ring is 1. The number of rotatable bonds is 5. The molecule has 0 amide bonds. The molecular formula is C17H22N2O. The second-order valence-corrected chi connectivity index (χ2v) is 5.64. The Kier molecular flexibility index (Phi) is 4.28. The highest BCUT2D eigenvalue weighted by Gasteiger charge is 2.17. The van der Waals surface area contributed by atoms with Gasteiger partial charge >= 0.3 is 0 Å². The molecule has 0 fully saturated rings. The zero-order valence-electron chi connectivity index (χ0n) is 12.4. The number of pyridine rings is 1. The molecule has 106 valence electrons. The van der Waals surface area contributed by atoms with E-state index in [0.29, 0.717) is 12.4 Å². The van der Waals surface area contributed by atoms with Crippen LogP contribution in [0, 0.1) is 0 Å². The fourth-order valence-electron chi connectivity index (χ4n) is 1.96. The minimum absolute atomic E-state index is 0.206. The zero-order valence-corrected chi connectivity index (χ0v) is 12.4. The van der Waals surface area contributed by atoms with E-state index in [1.54, 1.807) is 6.20 Å². The van der Waals surface area contributed by atoms with Crippen LogP contribution in [0.25, 0.3) is 0 Å². The zero-order chi connectivity index (χ0) is 14.6. The monoisotopic (exact) mass is 270 g/mol. The van der Waals surface area contributed by atoms with Gasteiger partial charge in [-0.05, 0) is 47.2 Å². The van der Waals surface area contributed by atoms with E-state index in [2.05, 4.69) is 37.9 Å². The van der Waals surface area contributed by atoms with Crippen LogP contribution in [0.2, 0.25) is 0 Å². The minimum atomic E-state index is 0.206. The molecular weight excluding hydrogens is 248 g/mol. The normalized spacial score (nSPS) is 11.3. The van der Waals surface area contributed by atoms with Crippen molar-refractivity contribution in [3.05, 3.63) is 53.7 Å². The van der Waals surface area contributed by atoms with E-state index in [4.69, 9.17) is 10.5 Å². The summed E-state index contributed by atoms with van der Waals surface area (Å²) >= 11 is 0. The molecule has 1 heterocycles. The van der Waals surface area contributed by atoms with Crippen molar-refractivity contribution < 1.29 is 4.74 Å². The number of nitrogens with two attached hydrogens (primary N) is 1. The quantitative estimate of drug-likeness (QED) is 0.895. The molecule has 3 nitrogen and oxygen atoms in total. The fourth-order valence-corrected chi connectivity index (χ4v) is 1.96. The smallest absolute Gasteiger partial charge is 0.123 e. The van der Waals surface area contributed by atoms with Crippen molar-refractivity contribution in [3.8, 4) is 5.75 Å². The predicted octanol–water partition coefficient (Wildman–Crippen LogP) is 3.93. The van der Waals surface area contributed by atoms with E-state index in [1.165, 1.54) is 5.56 Å². The molecule has 20 heavy (non-hydrogen) atoms. The third kappa shape index (κ3) is 3.50. The lowest BCUT2D eigenvalue weighted by Crippen LogP contribution is -2.15. The first-order chi connectivity index (χ1) is 9.51. The summed E-state index contributed by atoms with van der Waals surface area (Å²) < 4.78 is 5.77. The molecule has 0 radical (unpaired) electrons. The van der Waals surface area contributed by atoms with Crippen LogP contribution in [0.3, 0.4) is 0 Å². The van der Waals surface area contributed by atoms with Crippen LogP contribution in [-0.4, -0.2) is 4.98 Å². The number of hydrogen-bond donors (Lipinski definition) is 1. The molecule has 2 rings (SSSR count). The van der Waals surface area contributed by atoms with Gasteiger partial charge in [0.25, 0.3) is 0 Å². The summed E-state index contributed by atoms with van der Waals surface area (Å²) in [7, 11) is 0. The van der Waals surface area contributed by atoms with Crippen molar-refractivity contribution in [2.75, 3.05) is 5.73 Å². The van der Waals surface area contributed by atoms with Gasteiger partial charge in [0.05, 0.1) is 0 Å². The Bertz CT molecular complexity index is 561. The summed E-state index contributed by atoms with van der Waals surface area (Å²) in [5, 5.41) is 0. The Morgan fingerprint density at radius 2 is 1.85 bits per heavy atom. The molecule has 2 aromatic rings. The third-order valence-corrected chi connectivity index (χ3v) is 3.77. The molecule has 0 aliphatic carbocycles. The summed E-state index contributed by atoms with van der Waals surface area (Å²) in [5.74, 6) is 1.39. The lowest BCUT2D eigenvalue weighted by Gasteiger charge is -2.23. The van der Waals surface area contributed by atoms with Crippen LogP contribution in [0.4, 0.5) is 5.82 Å². The first-order valence-electron chi connectivity index (χ1n) is 6.95. The molecule has 1 aromatic heterocycles. The Balaban J connectivity index is 2.01. The SMILES string of the molecule is CCC(C)(C)c1ccc(OCc2ccnc(N)c2)cc1. The average Bonchev–Trinajstić information content (AvgIpc) is 2.46. The summed E-state index contributed by atoms with van der Waals surface area (Å²) in [6.07, 6.45) is 2.81. The maximum atomic E-state index is 5.77.